The normalized spacial score (nSPS) is 20.9. The first-order valence-corrected chi connectivity index (χ1v) is 6.51. The number of hydrogen-bond acceptors (Lipinski definition) is 3. The Kier molecular flexibility index (Phi) is 5.13. The molecule has 7 heteroatoms. The maximum atomic E-state index is 12.4. The van der Waals surface area contributed by atoms with E-state index in [4.69, 9.17) is 0 Å². The van der Waals surface area contributed by atoms with Crippen LogP contribution in [0.1, 0.15) is 32.6 Å². The minimum absolute atomic E-state index is 0.313. The molecule has 0 saturated heterocycles. The van der Waals surface area contributed by atoms with Crippen LogP contribution in [-0.4, -0.2) is 33.3 Å². The Labute approximate surface area is 107 Å². The van der Waals surface area contributed by atoms with Gasteiger partial charge in [-0.3, -0.25) is 5.01 Å². The lowest BCUT2D eigenvalue weighted by molar-refractivity contribution is -0.222. The third-order valence-electron chi connectivity index (χ3n) is 2.33. The molecule has 0 bridgehead atoms. The maximum absolute atomic E-state index is 12.4. The first-order valence-electron chi connectivity index (χ1n) is 5.26. The molecule has 1 aliphatic heterocycles. The van der Waals surface area contributed by atoms with Crippen molar-refractivity contribution in [3.63, 3.8) is 0 Å². The number of nitrogens with zero attached hydrogens (tertiary/aromatic N) is 3. The fourth-order valence-electron chi connectivity index (χ4n) is 1.43. The van der Waals surface area contributed by atoms with E-state index in [1.165, 1.54) is 5.01 Å². The summed E-state index contributed by atoms with van der Waals surface area (Å²) in [7, 11) is 0. The molecule has 0 saturated carbocycles. The zero-order valence-corrected chi connectivity index (χ0v) is 11.2. The SMILES string of the molecule is CCCCCCN1N=CN(C(F)(F)F)C1I. The van der Waals surface area contributed by atoms with Crippen molar-refractivity contribution < 1.29 is 13.2 Å². The van der Waals surface area contributed by atoms with E-state index in [0.717, 1.165) is 32.0 Å². The van der Waals surface area contributed by atoms with Gasteiger partial charge in [-0.15, -0.1) is 13.2 Å². The molecule has 0 fully saturated rings. The van der Waals surface area contributed by atoms with Crippen LogP contribution in [0.5, 0.6) is 0 Å². The molecule has 1 atom stereocenters. The number of hydrazone groups is 1. The first kappa shape index (κ1) is 13.9. The Morgan fingerprint density at radius 2 is 2.00 bits per heavy atom. The number of rotatable bonds is 5. The van der Waals surface area contributed by atoms with Crippen molar-refractivity contribution >= 4 is 28.9 Å². The fraction of sp³-hybridized carbons (Fsp3) is 0.889. The van der Waals surface area contributed by atoms with Gasteiger partial charge < -0.3 is 0 Å². The summed E-state index contributed by atoms with van der Waals surface area (Å²) in [5.41, 5.74) is 0. The van der Waals surface area contributed by atoms with Crippen LogP contribution < -0.4 is 0 Å². The minimum Gasteiger partial charge on any atom is -0.264 e. The molecule has 0 aromatic carbocycles. The van der Waals surface area contributed by atoms with Crippen LogP contribution in [0.3, 0.4) is 0 Å². The number of hydrogen-bond donors (Lipinski definition) is 0. The highest BCUT2D eigenvalue weighted by atomic mass is 127. The molecule has 0 amide bonds. The summed E-state index contributed by atoms with van der Waals surface area (Å²) < 4.78 is 36.5. The van der Waals surface area contributed by atoms with Crippen molar-refractivity contribution in [2.24, 2.45) is 5.10 Å². The summed E-state index contributed by atoms with van der Waals surface area (Å²) in [5.74, 6) is 0. The van der Waals surface area contributed by atoms with Crippen LogP contribution in [0.15, 0.2) is 5.10 Å². The molecule has 0 aliphatic carbocycles. The minimum atomic E-state index is -4.34. The van der Waals surface area contributed by atoms with Crippen molar-refractivity contribution in [2.45, 2.75) is 43.1 Å². The topological polar surface area (TPSA) is 18.8 Å². The molecule has 0 spiro atoms. The monoisotopic (exact) mass is 349 g/mol. The summed E-state index contributed by atoms with van der Waals surface area (Å²) >= 11 is 1.75. The summed E-state index contributed by atoms with van der Waals surface area (Å²) in [5, 5.41) is 5.24. The van der Waals surface area contributed by atoms with Crippen LogP contribution in [0, 0.1) is 0 Å². The summed E-state index contributed by atoms with van der Waals surface area (Å²) in [6.45, 7) is 2.68. The lowest BCUT2D eigenvalue weighted by Gasteiger charge is -2.27. The van der Waals surface area contributed by atoms with Crippen molar-refractivity contribution in [1.82, 2.24) is 9.91 Å². The Bertz CT molecular complexity index is 245. The molecule has 3 nitrogen and oxygen atoms in total. The lowest BCUT2D eigenvalue weighted by Crippen LogP contribution is -2.43. The molecule has 1 aliphatic rings. The Morgan fingerprint density at radius 3 is 2.50 bits per heavy atom. The van der Waals surface area contributed by atoms with Gasteiger partial charge >= 0.3 is 6.30 Å². The van der Waals surface area contributed by atoms with E-state index in [9.17, 15) is 13.2 Å². The van der Waals surface area contributed by atoms with Crippen molar-refractivity contribution in [3.05, 3.63) is 0 Å². The van der Waals surface area contributed by atoms with Crippen LogP contribution >= 0.6 is 22.6 Å². The maximum Gasteiger partial charge on any atom is 0.488 e. The van der Waals surface area contributed by atoms with Gasteiger partial charge in [0.15, 0.2) is 4.17 Å². The average molecular weight is 349 g/mol. The average Bonchev–Trinajstić information content (AvgIpc) is 2.54. The van der Waals surface area contributed by atoms with Crippen molar-refractivity contribution in [3.8, 4) is 0 Å². The molecule has 1 unspecified atom stereocenters. The van der Waals surface area contributed by atoms with Crippen LogP contribution in [0.2, 0.25) is 0 Å². The molecule has 0 radical (unpaired) electrons. The zero-order chi connectivity index (χ0) is 12.2. The van der Waals surface area contributed by atoms with E-state index in [1.54, 1.807) is 22.6 Å². The lowest BCUT2D eigenvalue weighted by atomic mass is 10.2. The Morgan fingerprint density at radius 1 is 1.31 bits per heavy atom. The highest BCUT2D eigenvalue weighted by Gasteiger charge is 2.44. The summed E-state index contributed by atoms with van der Waals surface area (Å²) in [6, 6.07) is 0. The zero-order valence-electron chi connectivity index (χ0n) is 9.04. The van der Waals surface area contributed by atoms with Gasteiger partial charge in [0.25, 0.3) is 0 Å². The third kappa shape index (κ3) is 3.67. The molecule has 94 valence electrons. The second kappa shape index (κ2) is 5.92. The predicted octanol–water partition coefficient (Wildman–Crippen LogP) is 3.37. The molecular weight excluding hydrogens is 334 g/mol. The van der Waals surface area contributed by atoms with Gasteiger partial charge in [0.05, 0.1) is 0 Å². The highest BCUT2D eigenvalue weighted by Crippen LogP contribution is 2.30. The Hall–Kier alpha value is -0.210. The van der Waals surface area contributed by atoms with Gasteiger partial charge in [0.1, 0.15) is 6.34 Å². The largest absolute Gasteiger partial charge is 0.488 e. The molecule has 1 rings (SSSR count). The second-order valence-corrected chi connectivity index (χ2v) is 4.75. The third-order valence-corrected chi connectivity index (χ3v) is 3.58. The summed E-state index contributed by atoms with van der Waals surface area (Å²) in [6.07, 6.45) is 0.677. The quantitative estimate of drug-likeness (QED) is 0.328. The van der Waals surface area contributed by atoms with Gasteiger partial charge in [0, 0.05) is 6.54 Å². The highest BCUT2D eigenvalue weighted by molar-refractivity contribution is 14.1. The van der Waals surface area contributed by atoms with Crippen LogP contribution in [-0.2, 0) is 0 Å². The molecule has 0 aromatic heterocycles. The Balaban J connectivity index is 2.34. The molecule has 1 heterocycles. The van der Waals surface area contributed by atoms with E-state index in [-0.39, 0.29) is 0 Å². The van der Waals surface area contributed by atoms with Gasteiger partial charge in [-0.2, -0.15) is 5.10 Å². The van der Waals surface area contributed by atoms with Gasteiger partial charge in [0.2, 0.25) is 0 Å². The summed E-state index contributed by atoms with van der Waals surface area (Å²) in [4.78, 5) is 0.313. The van der Waals surface area contributed by atoms with E-state index < -0.39 is 10.5 Å². The standard InChI is InChI=1S/C9H15F3IN3/c1-2-3-4-5-6-16-8(13)15(7-14-16)9(10,11)12/h7-8H,2-6H2,1H3. The molecule has 0 aromatic rings. The van der Waals surface area contributed by atoms with Crippen molar-refractivity contribution in [1.29, 1.82) is 0 Å². The molecule has 0 N–H and O–H groups in total. The van der Waals surface area contributed by atoms with E-state index in [0.29, 0.717) is 11.4 Å². The molecule has 16 heavy (non-hydrogen) atoms. The smallest absolute Gasteiger partial charge is 0.264 e. The van der Waals surface area contributed by atoms with Gasteiger partial charge in [-0.1, -0.05) is 26.2 Å². The number of unbranched alkanes of at least 4 members (excludes halogenated alkanes) is 3. The second-order valence-electron chi connectivity index (χ2n) is 3.64. The van der Waals surface area contributed by atoms with E-state index >= 15 is 0 Å². The van der Waals surface area contributed by atoms with Gasteiger partial charge in [-0.25, -0.2) is 4.90 Å². The number of alkyl halides is 4. The molecular formula is C9H15F3IN3. The van der Waals surface area contributed by atoms with Crippen LogP contribution in [0.4, 0.5) is 13.2 Å². The van der Waals surface area contributed by atoms with Gasteiger partial charge in [-0.05, 0) is 29.0 Å². The first-order chi connectivity index (χ1) is 7.46. The van der Waals surface area contributed by atoms with Crippen LogP contribution in [0.25, 0.3) is 0 Å². The van der Waals surface area contributed by atoms with E-state index in [1.807, 2.05) is 0 Å². The van der Waals surface area contributed by atoms with E-state index in [2.05, 4.69) is 12.0 Å². The predicted molar refractivity (Wildman–Crippen MR) is 65.0 cm³/mol. The fourth-order valence-corrected chi connectivity index (χ4v) is 2.31. The number of halogens is 4. The van der Waals surface area contributed by atoms with Crippen molar-refractivity contribution in [2.75, 3.05) is 6.54 Å².